The van der Waals surface area contributed by atoms with Crippen LogP contribution in [-0.4, -0.2) is 0 Å². The number of allylic oxidation sites excluding steroid dienone is 4. The Kier molecular flexibility index (Phi) is 0.972. The molecule has 0 spiro atoms. The smallest absolute Gasteiger partial charge is 0.0366 e. The van der Waals surface area contributed by atoms with Gasteiger partial charge in [-0.25, -0.2) is 0 Å². The van der Waals surface area contributed by atoms with Gasteiger partial charge in [0.2, 0.25) is 0 Å². The zero-order chi connectivity index (χ0) is 4.41. The summed E-state index contributed by atoms with van der Waals surface area (Å²) < 4.78 is 0. The highest BCUT2D eigenvalue weighted by atomic mass is 35.5. The molecule has 1 aliphatic rings. The van der Waals surface area contributed by atoms with Crippen LogP contribution in [0.5, 0.6) is 0 Å². The molecule has 0 aromatic heterocycles. The van der Waals surface area contributed by atoms with E-state index in [9.17, 15) is 0 Å². The van der Waals surface area contributed by atoms with Crippen LogP contribution >= 0.6 is 11.6 Å². The predicted octanol–water partition coefficient (Wildman–Crippen LogP) is 2.07. The summed E-state index contributed by atoms with van der Waals surface area (Å²) in [6.07, 6.45) is 6.92. The largest absolute Gasteiger partial charge is 0.0847 e. The van der Waals surface area contributed by atoms with Crippen molar-refractivity contribution in [3.8, 4) is 0 Å². The maximum atomic E-state index is 5.49. The summed E-state index contributed by atoms with van der Waals surface area (Å²) in [6, 6.07) is 0. The van der Waals surface area contributed by atoms with Gasteiger partial charge in [-0.3, -0.25) is 0 Å². The monoisotopic (exact) mass is 100 g/mol. The molecular formula is C5H5Cl. The van der Waals surface area contributed by atoms with Gasteiger partial charge in [-0.05, 0) is 12.5 Å². The quantitative estimate of drug-likeness (QED) is 0.437. The van der Waals surface area contributed by atoms with Crippen molar-refractivity contribution in [1.82, 2.24) is 0 Å². The van der Waals surface area contributed by atoms with E-state index < -0.39 is 0 Å². The molecule has 0 radical (unpaired) electrons. The topological polar surface area (TPSA) is 0 Å². The third-order valence-electron chi connectivity index (χ3n) is 0.726. The van der Waals surface area contributed by atoms with Crippen LogP contribution in [0.1, 0.15) is 6.42 Å². The highest BCUT2D eigenvalue weighted by molar-refractivity contribution is 6.31. The zero-order valence-electron chi connectivity index (χ0n) is 3.32. The van der Waals surface area contributed by atoms with Gasteiger partial charge in [0.1, 0.15) is 0 Å². The maximum Gasteiger partial charge on any atom is 0.0366 e. The molecule has 0 heterocycles. The Bertz CT molecular complexity index is 97.8. The van der Waals surface area contributed by atoms with E-state index in [2.05, 4.69) is 0 Å². The molecule has 1 rings (SSSR count). The van der Waals surface area contributed by atoms with Crippen molar-refractivity contribution >= 4 is 11.6 Å². The van der Waals surface area contributed by atoms with Crippen LogP contribution in [0.15, 0.2) is 23.3 Å². The molecule has 0 bridgehead atoms. The third kappa shape index (κ3) is 0.631. The Morgan fingerprint density at radius 2 is 2.50 bits per heavy atom. The fourth-order valence-corrected chi connectivity index (χ4v) is 0.607. The fourth-order valence-electron chi connectivity index (χ4n) is 0.429. The van der Waals surface area contributed by atoms with Crippen molar-refractivity contribution < 1.29 is 0 Å². The Labute approximate surface area is 42.1 Å². The van der Waals surface area contributed by atoms with Crippen molar-refractivity contribution in [1.29, 1.82) is 0 Å². The number of halogens is 1. The standard InChI is InChI=1S/C5H5Cl/c6-5-3-1-2-4-5/h1,3-4H,2H2. The highest BCUT2D eigenvalue weighted by Gasteiger charge is 1.87. The zero-order valence-corrected chi connectivity index (χ0v) is 4.07. The van der Waals surface area contributed by atoms with Crippen molar-refractivity contribution in [2.24, 2.45) is 0 Å². The average molecular weight is 101 g/mol. The molecular weight excluding hydrogens is 95.5 g/mol. The number of hydrogen-bond donors (Lipinski definition) is 0. The van der Waals surface area contributed by atoms with E-state index >= 15 is 0 Å². The molecule has 0 aromatic carbocycles. The normalized spacial score (nSPS) is 18.5. The Hall–Kier alpha value is -0.230. The van der Waals surface area contributed by atoms with Gasteiger partial charge in [0, 0.05) is 5.03 Å². The van der Waals surface area contributed by atoms with Crippen LogP contribution in [0.25, 0.3) is 0 Å². The summed E-state index contributed by atoms with van der Waals surface area (Å²) in [5.41, 5.74) is 0. The van der Waals surface area contributed by atoms with Gasteiger partial charge in [0.15, 0.2) is 0 Å². The summed E-state index contributed by atoms with van der Waals surface area (Å²) in [7, 11) is 0. The molecule has 0 atom stereocenters. The molecule has 0 fully saturated rings. The molecule has 0 aromatic rings. The van der Waals surface area contributed by atoms with E-state index in [4.69, 9.17) is 11.6 Å². The maximum absolute atomic E-state index is 5.49. The minimum absolute atomic E-state index is 0.870. The van der Waals surface area contributed by atoms with Crippen LogP contribution in [0.2, 0.25) is 0 Å². The molecule has 6 heavy (non-hydrogen) atoms. The Morgan fingerprint density at radius 3 is 2.67 bits per heavy atom. The minimum atomic E-state index is 0.870. The van der Waals surface area contributed by atoms with Gasteiger partial charge in [-0.2, -0.15) is 0 Å². The molecule has 0 amide bonds. The fraction of sp³-hybridized carbons (Fsp3) is 0.200. The SMILES string of the molecule is ClC1=CCC=C1. The summed E-state index contributed by atoms with van der Waals surface area (Å²) in [6.45, 7) is 0. The Balaban J connectivity index is 2.68. The lowest BCUT2D eigenvalue weighted by Crippen LogP contribution is -1.45. The van der Waals surface area contributed by atoms with Gasteiger partial charge < -0.3 is 0 Å². The van der Waals surface area contributed by atoms with E-state index in [-0.39, 0.29) is 0 Å². The lowest BCUT2D eigenvalue weighted by molar-refractivity contribution is 1.45. The second-order valence-corrected chi connectivity index (χ2v) is 1.66. The summed E-state index contributed by atoms with van der Waals surface area (Å²) >= 11 is 5.49. The summed E-state index contributed by atoms with van der Waals surface area (Å²) in [5.74, 6) is 0. The van der Waals surface area contributed by atoms with Crippen molar-refractivity contribution in [2.75, 3.05) is 0 Å². The van der Waals surface area contributed by atoms with E-state index in [0.717, 1.165) is 11.5 Å². The van der Waals surface area contributed by atoms with Gasteiger partial charge >= 0.3 is 0 Å². The first-order valence-corrected chi connectivity index (χ1v) is 2.29. The van der Waals surface area contributed by atoms with E-state index in [1.807, 2.05) is 18.2 Å². The molecule has 0 saturated heterocycles. The highest BCUT2D eigenvalue weighted by Crippen LogP contribution is 2.11. The predicted molar refractivity (Wildman–Crippen MR) is 27.7 cm³/mol. The first-order chi connectivity index (χ1) is 2.89. The average Bonchev–Trinajstić information content (AvgIpc) is 1.86. The molecule has 32 valence electrons. The van der Waals surface area contributed by atoms with Gasteiger partial charge in [0.05, 0.1) is 0 Å². The van der Waals surface area contributed by atoms with Crippen LogP contribution in [0.3, 0.4) is 0 Å². The third-order valence-corrected chi connectivity index (χ3v) is 1.01. The van der Waals surface area contributed by atoms with Crippen molar-refractivity contribution in [3.05, 3.63) is 23.3 Å². The lowest BCUT2D eigenvalue weighted by Gasteiger charge is -1.69. The van der Waals surface area contributed by atoms with Crippen LogP contribution < -0.4 is 0 Å². The van der Waals surface area contributed by atoms with E-state index in [1.54, 1.807) is 0 Å². The van der Waals surface area contributed by atoms with Gasteiger partial charge in [0.25, 0.3) is 0 Å². The number of hydrogen-bond acceptors (Lipinski definition) is 0. The molecule has 0 unspecified atom stereocenters. The van der Waals surface area contributed by atoms with Crippen LogP contribution in [0.4, 0.5) is 0 Å². The molecule has 0 N–H and O–H groups in total. The van der Waals surface area contributed by atoms with Gasteiger partial charge in [-0.1, -0.05) is 23.8 Å². The summed E-state index contributed by atoms with van der Waals surface area (Å²) in [4.78, 5) is 0. The van der Waals surface area contributed by atoms with Crippen LogP contribution in [0, 0.1) is 0 Å². The van der Waals surface area contributed by atoms with Crippen LogP contribution in [-0.2, 0) is 0 Å². The van der Waals surface area contributed by atoms with Crippen molar-refractivity contribution in [3.63, 3.8) is 0 Å². The molecule has 0 saturated carbocycles. The molecule has 0 nitrogen and oxygen atoms in total. The van der Waals surface area contributed by atoms with Gasteiger partial charge in [-0.15, -0.1) is 0 Å². The molecule has 1 heteroatoms. The first kappa shape index (κ1) is 3.94. The van der Waals surface area contributed by atoms with E-state index in [1.165, 1.54) is 0 Å². The Morgan fingerprint density at radius 1 is 1.67 bits per heavy atom. The summed E-state index contributed by atoms with van der Waals surface area (Å²) in [5, 5.41) is 0.870. The first-order valence-electron chi connectivity index (χ1n) is 1.92. The van der Waals surface area contributed by atoms with Crippen molar-refractivity contribution in [2.45, 2.75) is 6.42 Å². The minimum Gasteiger partial charge on any atom is -0.0847 e. The van der Waals surface area contributed by atoms with E-state index in [0.29, 0.717) is 0 Å². The second kappa shape index (κ2) is 1.48. The number of rotatable bonds is 0. The molecule has 1 aliphatic carbocycles. The molecule has 0 aliphatic heterocycles. The lowest BCUT2D eigenvalue weighted by atomic mass is 10.5. The second-order valence-electron chi connectivity index (χ2n) is 1.23.